The van der Waals surface area contributed by atoms with Crippen LogP contribution in [-0.2, 0) is 6.61 Å². The zero-order valence-corrected chi connectivity index (χ0v) is 10.7. The molecule has 0 amide bonds. The Labute approximate surface area is 111 Å². The summed E-state index contributed by atoms with van der Waals surface area (Å²) in [6.45, 7) is 3.07. The van der Waals surface area contributed by atoms with Gasteiger partial charge in [0, 0.05) is 29.8 Å². The first-order valence-electron chi connectivity index (χ1n) is 6.05. The third kappa shape index (κ3) is 2.61. The van der Waals surface area contributed by atoms with E-state index in [-0.39, 0.29) is 6.61 Å². The van der Waals surface area contributed by atoms with Crippen LogP contribution >= 0.6 is 0 Å². The highest BCUT2D eigenvalue weighted by Crippen LogP contribution is 2.23. The van der Waals surface area contributed by atoms with Gasteiger partial charge in [-0.1, -0.05) is 5.92 Å². The summed E-state index contributed by atoms with van der Waals surface area (Å²) in [5, 5.41) is 9.99. The summed E-state index contributed by atoms with van der Waals surface area (Å²) >= 11 is 0. The molecule has 1 aromatic carbocycles. The second-order valence-corrected chi connectivity index (χ2v) is 4.15. The number of benzene rings is 1. The Morgan fingerprint density at radius 1 is 1.42 bits per heavy atom. The van der Waals surface area contributed by atoms with Gasteiger partial charge in [0.05, 0.1) is 13.2 Å². The van der Waals surface area contributed by atoms with Gasteiger partial charge in [-0.3, -0.25) is 0 Å². The van der Waals surface area contributed by atoms with E-state index in [4.69, 9.17) is 10.8 Å². The second-order valence-electron chi connectivity index (χ2n) is 4.15. The molecule has 4 heteroatoms. The Morgan fingerprint density at radius 2 is 2.21 bits per heavy atom. The molecule has 0 saturated carbocycles. The Balaban J connectivity index is 2.57. The number of hydrogen-bond donors (Lipinski definition) is 1. The van der Waals surface area contributed by atoms with Crippen molar-refractivity contribution in [3.63, 3.8) is 0 Å². The van der Waals surface area contributed by atoms with Crippen molar-refractivity contribution < 1.29 is 9.52 Å². The van der Waals surface area contributed by atoms with Gasteiger partial charge in [0.2, 0.25) is 0 Å². The molecule has 0 radical (unpaired) electrons. The van der Waals surface area contributed by atoms with E-state index in [2.05, 4.69) is 5.92 Å². The van der Waals surface area contributed by atoms with Crippen LogP contribution in [0.2, 0.25) is 0 Å². The van der Waals surface area contributed by atoms with E-state index < -0.39 is 5.63 Å². The van der Waals surface area contributed by atoms with Gasteiger partial charge in [-0.05, 0) is 24.6 Å². The van der Waals surface area contributed by atoms with Gasteiger partial charge in [0.25, 0.3) is 0 Å². The third-order valence-electron chi connectivity index (χ3n) is 3.01. The van der Waals surface area contributed by atoms with Crippen molar-refractivity contribution in [1.82, 2.24) is 0 Å². The maximum atomic E-state index is 11.4. The van der Waals surface area contributed by atoms with Gasteiger partial charge in [0.1, 0.15) is 5.58 Å². The number of anilines is 1. The molecule has 0 aliphatic heterocycles. The van der Waals surface area contributed by atoms with Crippen LogP contribution in [0.4, 0.5) is 5.69 Å². The number of nitrogens with zero attached hydrogens (tertiary/aromatic N) is 1. The first-order chi connectivity index (χ1) is 9.19. The fourth-order valence-corrected chi connectivity index (χ4v) is 2.04. The third-order valence-corrected chi connectivity index (χ3v) is 3.01. The lowest BCUT2D eigenvalue weighted by Gasteiger charge is -2.20. The quantitative estimate of drug-likeness (QED) is 0.669. The zero-order chi connectivity index (χ0) is 13.8. The van der Waals surface area contributed by atoms with Gasteiger partial charge in [-0.15, -0.1) is 6.42 Å². The molecule has 0 aliphatic carbocycles. The summed E-state index contributed by atoms with van der Waals surface area (Å²) in [5.41, 5.74) is 1.46. The van der Waals surface area contributed by atoms with Crippen LogP contribution in [0, 0.1) is 12.3 Å². The van der Waals surface area contributed by atoms with Crippen LogP contribution in [0.3, 0.4) is 0 Å². The molecule has 0 saturated heterocycles. The van der Waals surface area contributed by atoms with Crippen molar-refractivity contribution in [3.8, 4) is 12.3 Å². The topological polar surface area (TPSA) is 53.7 Å². The molecule has 0 spiro atoms. The minimum Gasteiger partial charge on any atom is -0.423 e. The molecule has 19 heavy (non-hydrogen) atoms. The summed E-state index contributed by atoms with van der Waals surface area (Å²) in [4.78, 5) is 13.4. The lowest BCUT2D eigenvalue weighted by atomic mass is 10.1. The Kier molecular flexibility index (Phi) is 3.88. The number of rotatable bonds is 4. The average Bonchev–Trinajstić information content (AvgIpc) is 2.43. The number of fused-ring (bicyclic) bond motifs is 1. The van der Waals surface area contributed by atoms with Crippen LogP contribution in [0.5, 0.6) is 0 Å². The molecule has 2 aromatic rings. The Bertz CT molecular complexity index is 682. The maximum absolute atomic E-state index is 11.4. The monoisotopic (exact) mass is 257 g/mol. The number of aliphatic hydroxyl groups is 1. The summed E-state index contributed by atoms with van der Waals surface area (Å²) in [6, 6.07) is 6.82. The lowest BCUT2D eigenvalue weighted by molar-refractivity contribution is 0.282. The van der Waals surface area contributed by atoms with Crippen molar-refractivity contribution in [3.05, 3.63) is 40.2 Å². The second kappa shape index (κ2) is 5.59. The standard InChI is InChI=1S/C15H15NO3/c1-3-7-16(4-2)12-5-6-13-11(10-17)8-15(18)19-14(13)9-12/h1,5-6,8-9,17H,4,7,10H2,2H3. The fourth-order valence-electron chi connectivity index (χ4n) is 2.04. The van der Waals surface area contributed by atoms with Crippen molar-refractivity contribution in [2.75, 3.05) is 18.0 Å². The fraction of sp³-hybridized carbons (Fsp3) is 0.267. The van der Waals surface area contributed by atoms with E-state index in [9.17, 15) is 9.90 Å². The van der Waals surface area contributed by atoms with E-state index in [1.807, 2.05) is 24.0 Å². The van der Waals surface area contributed by atoms with Gasteiger partial charge in [-0.2, -0.15) is 0 Å². The van der Waals surface area contributed by atoms with E-state index >= 15 is 0 Å². The maximum Gasteiger partial charge on any atom is 0.336 e. The number of terminal acetylenes is 1. The molecule has 2 rings (SSSR count). The SMILES string of the molecule is C#CCN(CC)c1ccc2c(CO)cc(=O)oc2c1. The van der Waals surface area contributed by atoms with E-state index in [1.165, 1.54) is 6.07 Å². The smallest absolute Gasteiger partial charge is 0.336 e. The molecular formula is C15H15NO3. The molecule has 98 valence electrons. The Morgan fingerprint density at radius 3 is 2.84 bits per heavy atom. The summed E-state index contributed by atoms with van der Waals surface area (Å²) in [6.07, 6.45) is 5.33. The molecule has 0 aliphatic rings. The molecule has 1 heterocycles. The summed E-state index contributed by atoms with van der Waals surface area (Å²) in [5.74, 6) is 2.59. The van der Waals surface area contributed by atoms with Crippen molar-refractivity contribution >= 4 is 16.7 Å². The van der Waals surface area contributed by atoms with E-state index in [0.717, 1.165) is 17.6 Å². The average molecular weight is 257 g/mol. The predicted octanol–water partition coefficient (Wildman–Crippen LogP) is 1.74. The molecule has 0 atom stereocenters. The highest BCUT2D eigenvalue weighted by molar-refractivity contribution is 5.83. The highest BCUT2D eigenvalue weighted by atomic mass is 16.4. The van der Waals surface area contributed by atoms with Crippen molar-refractivity contribution in [2.24, 2.45) is 0 Å². The molecule has 4 nitrogen and oxygen atoms in total. The predicted molar refractivity (Wildman–Crippen MR) is 75.1 cm³/mol. The minimum atomic E-state index is -0.464. The van der Waals surface area contributed by atoms with E-state index in [1.54, 1.807) is 6.07 Å². The Hall–Kier alpha value is -2.25. The van der Waals surface area contributed by atoms with Crippen LogP contribution in [0.15, 0.2) is 33.5 Å². The molecule has 1 aromatic heterocycles. The molecule has 1 N–H and O–H groups in total. The van der Waals surface area contributed by atoms with Gasteiger partial charge < -0.3 is 14.4 Å². The molecular weight excluding hydrogens is 242 g/mol. The number of hydrogen-bond acceptors (Lipinski definition) is 4. The van der Waals surface area contributed by atoms with Crippen molar-refractivity contribution in [2.45, 2.75) is 13.5 Å². The van der Waals surface area contributed by atoms with Gasteiger partial charge in [-0.25, -0.2) is 4.79 Å². The summed E-state index contributed by atoms with van der Waals surface area (Å²) < 4.78 is 5.17. The van der Waals surface area contributed by atoms with Crippen molar-refractivity contribution in [1.29, 1.82) is 0 Å². The highest BCUT2D eigenvalue weighted by Gasteiger charge is 2.08. The summed E-state index contributed by atoms with van der Waals surface area (Å²) in [7, 11) is 0. The first-order valence-corrected chi connectivity index (χ1v) is 6.05. The van der Waals surface area contributed by atoms with Crippen LogP contribution < -0.4 is 10.5 Å². The normalized spacial score (nSPS) is 10.4. The van der Waals surface area contributed by atoms with Crippen LogP contribution in [-0.4, -0.2) is 18.2 Å². The zero-order valence-electron chi connectivity index (χ0n) is 10.7. The van der Waals surface area contributed by atoms with E-state index in [0.29, 0.717) is 17.7 Å². The molecule has 0 fully saturated rings. The minimum absolute atomic E-state index is 0.191. The van der Waals surface area contributed by atoms with Crippen LogP contribution in [0.1, 0.15) is 12.5 Å². The lowest BCUT2D eigenvalue weighted by Crippen LogP contribution is -2.22. The van der Waals surface area contributed by atoms with Crippen LogP contribution in [0.25, 0.3) is 11.0 Å². The van der Waals surface area contributed by atoms with Gasteiger partial charge in [0.15, 0.2) is 0 Å². The molecule has 0 bridgehead atoms. The number of aliphatic hydroxyl groups excluding tert-OH is 1. The first kappa shape index (κ1) is 13.2. The van der Waals surface area contributed by atoms with Gasteiger partial charge >= 0.3 is 5.63 Å². The molecule has 0 unspecified atom stereocenters. The largest absolute Gasteiger partial charge is 0.423 e.